The molecule has 2 nitrogen and oxygen atoms in total. The van der Waals surface area contributed by atoms with Gasteiger partial charge in [-0.3, -0.25) is 0 Å². The van der Waals surface area contributed by atoms with E-state index in [0.29, 0.717) is 0 Å². The maximum absolute atomic E-state index is 9.43. The van der Waals surface area contributed by atoms with Crippen molar-refractivity contribution in [3.8, 4) is 0 Å². The highest BCUT2D eigenvalue weighted by molar-refractivity contribution is 5.22. The standard InChI is InChI=1S/C10H16O2/c11-9-5-7-3-1-2-4-8(7)6-10(9)12/h9-12H,1-6H2/t9-,10+. The van der Waals surface area contributed by atoms with Crippen LogP contribution in [-0.2, 0) is 0 Å². The normalized spacial score (nSPS) is 36.5. The molecule has 2 N–H and O–H groups in total. The second-order valence-electron chi connectivity index (χ2n) is 3.96. The number of aliphatic hydroxyl groups excluding tert-OH is 2. The van der Waals surface area contributed by atoms with Crippen LogP contribution in [0.25, 0.3) is 0 Å². The maximum atomic E-state index is 9.43. The molecule has 0 radical (unpaired) electrons. The van der Waals surface area contributed by atoms with Crippen LogP contribution in [0.4, 0.5) is 0 Å². The Morgan fingerprint density at radius 2 is 1.25 bits per heavy atom. The van der Waals surface area contributed by atoms with Crippen molar-refractivity contribution in [3.63, 3.8) is 0 Å². The largest absolute Gasteiger partial charge is 0.390 e. The molecule has 0 aliphatic heterocycles. The lowest BCUT2D eigenvalue weighted by Gasteiger charge is -2.31. The fourth-order valence-corrected chi connectivity index (χ4v) is 2.30. The molecule has 2 aliphatic carbocycles. The van der Waals surface area contributed by atoms with Gasteiger partial charge >= 0.3 is 0 Å². The summed E-state index contributed by atoms with van der Waals surface area (Å²) in [5, 5.41) is 18.9. The fraction of sp³-hybridized carbons (Fsp3) is 0.800. The zero-order chi connectivity index (χ0) is 8.55. The second kappa shape index (κ2) is 3.19. The molecule has 0 spiro atoms. The molecular weight excluding hydrogens is 152 g/mol. The van der Waals surface area contributed by atoms with E-state index >= 15 is 0 Å². The van der Waals surface area contributed by atoms with Crippen LogP contribution in [0, 0.1) is 0 Å². The summed E-state index contributed by atoms with van der Waals surface area (Å²) in [6.45, 7) is 0. The van der Waals surface area contributed by atoms with Gasteiger partial charge in [-0.05, 0) is 38.5 Å². The van der Waals surface area contributed by atoms with E-state index in [1.807, 2.05) is 0 Å². The summed E-state index contributed by atoms with van der Waals surface area (Å²) in [4.78, 5) is 0. The Hall–Kier alpha value is -0.340. The van der Waals surface area contributed by atoms with Crippen LogP contribution in [0.5, 0.6) is 0 Å². The molecule has 0 saturated heterocycles. The predicted molar refractivity (Wildman–Crippen MR) is 46.7 cm³/mol. The van der Waals surface area contributed by atoms with Crippen molar-refractivity contribution in [1.82, 2.24) is 0 Å². The van der Waals surface area contributed by atoms with Crippen molar-refractivity contribution >= 4 is 0 Å². The quantitative estimate of drug-likeness (QED) is 0.536. The summed E-state index contributed by atoms with van der Waals surface area (Å²) in [6.07, 6.45) is 5.28. The Kier molecular flexibility index (Phi) is 2.20. The van der Waals surface area contributed by atoms with Gasteiger partial charge in [-0.2, -0.15) is 0 Å². The van der Waals surface area contributed by atoms with Crippen LogP contribution >= 0.6 is 0 Å². The van der Waals surface area contributed by atoms with E-state index in [0.717, 1.165) is 25.7 Å². The summed E-state index contributed by atoms with van der Waals surface area (Å²) in [6, 6.07) is 0. The highest BCUT2D eigenvalue weighted by Crippen LogP contribution is 2.35. The van der Waals surface area contributed by atoms with Crippen molar-refractivity contribution in [2.75, 3.05) is 0 Å². The van der Waals surface area contributed by atoms with Crippen molar-refractivity contribution in [3.05, 3.63) is 11.1 Å². The third-order valence-electron chi connectivity index (χ3n) is 3.06. The average molecular weight is 168 g/mol. The Morgan fingerprint density at radius 3 is 1.67 bits per heavy atom. The SMILES string of the molecule is O[C@@H]1CC2=C(CCCC2)C[C@@H]1O. The van der Waals surface area contributed by atoms with Crippen LogP contribution in [0.1, 0.15) is 38.5 Å². The minimum absolute atomic E-state index is 0.498. The van der Waals surface area contributed by atoms with Gasteiger partial charge in [-0.25, -0.2) is 0 Å². The average Bonchev–Trinajstić information content (AvgIpc) is 2.07. The molecule has 0 saturated carbocycles. The molecule has 2 aliphatic rings. The summed E-state index contributed by atoms with van der Waals surface area (Å²) in [7, 11) is 0. The molecule has 0 amide bonds. The van der Waals surface area contributed by atoms with Gasteiger partial charge < -0.3 is 10.2 Å². The molecule has 0 aromatic rings. The number of rotatable bonds is 0. The molecule has 68 valence electrons. The lowest BCUT2D eigenvalue weighted by atomic mass is 9.80. The molecular formula is C10H16O2. The van der Waals surface area contributed by atoms with Crippen LogP contribution in [0.3, 0.4) is 0 Å². The fourth-order valence-electron chi connectivity index (χ4n) is 2.30. The van der Waals surface area contributed by atoms with Crippen molar-refractivity contribution in [1.29, 1.82) is 0 Å². The highest BCUT2D eigenvalue weighted by Gasteiger charge is 2.27. The second-order valence-corrected chi connectivity index (χ2v) is 3.96. The molecule has 0 fully saturated rings. The van der Waals surface area contributed by atoms with E-state index in [9.17, 15) is 10.2 Å². The van der Waals surface area contributed by atoms with Gasteiger partial charge in [-0.15, -0.1) is 0 Å². The van der Waals surface area contributed by atoms with Gasteiger partial charge in [0, 0.05) is 0 Å². The number of hydrogen-bond donors (Lipinski definition) is 2. The number of hydrogen-bond acceptors (Lipinski definition) is 2. The van der Waals surface area contributed by atoms with Gasteiger partial charge in [0.05, 0.1) is 12.2 Å². The molecule has 2 heteroatoms. The van der Waals surface area contributed by atoms with Crippen LogP contribution in [-0.4, -0.2) is 22.4 Å². The van der Waals surface area contributed by atoms with Crippen LogP contribution in [0.15, 0.2) is 11.1 Å². The lowest BCUT2D eigenvalue weighted by Crippen LogP contribution is -2.31. The van der Waals surface area contributed by atoms with Gasteiger partial charge in [0.2, 0.25) is 0 Å². The van der Waals surface area contributed by atoms with Crippen molar-refractivity contribution in [2.45, 2.75) is 50.7 Å². The lowest BCUT2D eigenvalue weighted by molar-refractivity contribution is 0.0121. The molecule has 2 rings (SSSR count). The summed E-state index contributed by atoms with van der Waals surface area (Å²) < 4.78 is 0. The molecule has 0 bridgehead atoms. The molecule has 0 aromatic carbocycles. The Labute approximate surface area is 72.9 Å². The Bertz CT molecular complexity index is 186. The Balaban J connectivity index is 2.15. The molecule has 2 atom stereocenters. The molecule has 12 heavy (non-hydrogen) atoms. The minimum atomic E-state index is -0.498. The first-order valence-electron chi connectivity index (χ1n) is 4.83. The van der Waals surface area contributed by atoms with E-state index in [4.69, 9.17) is 0 Å². The van der Waals surface area contributed by atoms with E-state index in [1.165, 1.54) is 24.0 Å². The van der Waals surface area contributed by atoms with Gasteiger partial charge in [0.15, 0.2) is 0 Å². The zero-order valence-electron chi connectivity index (χ0n) is 7.29. The van der Waals surface area contributed by atoms with E-state index in [1.54, 1.807) is 0 Å². The number of aliphatic hydroxyl groups is 2. The van der Waals surface area contributed by atoms with E-state index < -0.39 is 12.2 Å². The first-order chi connectivity index (χ1) is 5.77. The van der Waals surface area contributed by atoms with Crippen LogP contribution < -0.4 is 0 Å². The maximum Gasteiger partial charge on any atom is 0.0839 e. The van der Waals surface area contributed by atoms with Crippen molar-refractivity contribution in [2.24, 2.45) is 0 Å². The third kappa shape index (κ3) is 1.41. The van der Waals surface area contributed by atoms with E-state index in [2.05, 4.69) is 0 Å². The Morgan fingerprint density at radius 1 is 0.833 bits per heavy atom. The monoisotopic (exact) mass is 168 g/mol. The van der Waals surface area contributed by atoms with Crippen molar-refractivity contribution < 1.29 is 10.2 Å². The van der Waals surface area contributed by atoms with Gasteiger partial charge in [0.25, 0.3) is 0 Å². The minimum Gasteiger partial charge on any atom is -0.390 e. The highest BCUT2D eigenvalue weighted by atomic mass is 16.3. The van der Waals surface area contributed by atoms with E-state index in [-0.39, 0.29) is 0 Å². The molecule has 0 unspecified atom stereocenters. The predicted octanol–water partition coefficient (Wildman–Crippen LogP) is 1.37. The first kappa shape index (κ1) is 8.27. The topological polar surface area (TPSA) is 40.5 Å². The van der Waals surface area contributed by atoms with Crippen LogP contribution in [0.2, 0.25) is 0 Å². The van der Waals surface area contributed by atoms with Gasteiger partial charge in [-0.1, -0.05) is 11.1 Å². The third-order valence-corrected chi connectivity index (χ3v) is 3.06. The summed E-state index contributed by atoms with van der Waals surface area (Å²) >= 11 is 0. The van der Waals surface area contributed by atoms with Gasteiger partial charge in [0.1, 0.15) is 0 Å². The first-order valence-corrected chi connectivity index (χ1v) is 4.83. The smallest absolute Gasteiger partial charge is 0.0839 e. The summed E-state index contributed by atoms with van der Waals surface area (Å²) in [5.41, 5.74) is 2.86. The molecule has 0 heterocycles. The summed E-state index contributed by atoms with van der Waals surface area (Å²) in [5.74, 6) is 0. The molecule has 0 aromatic heterocycles. The zero-order valence-corrected chi connectivity index (χ0v) is 7.29.